The van der Waals surface area contributed by atoms with Gasteiger partial charge in [-0.15, -0.1) is 0 Å². The summed E-state index contributed by atoms with van der Waals surface area (Å²) >= 11 is 0. The molecule has 0 bridgehead atoms. The molecule has 1 aliphatic rings. The van der Waals surface area contributed by atoms with Crippen LogP contribution >= 0.6 is 0 Å². The van der Waals surface area contributed by atoms with Gasteiger partial charge in [0.25, 0.3) is 0 Å². The fraction of sp³-hybridized carbons (Fsp3) is 0.333. The molecule has 198 valence electrons. The summed E-state index contributed by atoms with van der Waals surface area (Å²) in [5.41, 5.74) is 8.40. The first-order valence-electron chi connectivity index (χ1n) is 13.0. The van der Waals surface area contributed by atoms with E-state index < -0.39 is 0 Å². The van der Waals surface area contributed by atoms with E-state index >= 15 is 0 Å². The fourth-order valence-corrected chi connectivity index (χ4v) is 5.22. The van der Waals surface area contributed by atoms with Gasteiger partial charge in [-0.3, -0.25) is 0 Å². The van der Waals surface area contributed by atoms with E-state index in [4.69, 9.17) is 20.2 Å². The summed E-state index contributed by atoms with van der Waals surface area (Å²) < 4.78 is 10.7. The molecule has 2 aromatic carbocycles. The second-order valence-electron chi connectivity index (χ2n) is 9.69. The molecule has 1 aliphatic heterocycles. The molecule has 0 saturated carbocycles. The van der Waals surface area contributed by atoms with Gasteiger partial charge in [0.1, 0.15) is 29.0 Å². The highest BCUT2D eigenvalue weighted by Crippen LogP contribution is 2.35. The Morgan fingerprint density at radius 1 is 0.974 bits per heavy atom. The van der Waals surface area contributed by atoms with Crippen LogP contribution in [0.15, 0.2) is 66.9 Å². The van der Waals surface area contributed by atoms with Crippen molar-refractivity contribution in [3.05, 3.63) is 78.0 Å². The number of hydrogen-bond donors (Lipinski definition) is 2. The number of anilines is 3. The van der Waals surface area contributed by atoms with Crippen molar-refractivity contribution in [1.82, 2.24) is 9.97 Å². The van der Waals surface area contributed by atoms with Gasteiger partial charge >= 0.3 is 0 Å². The van der Waals surface area contributed by atoms with Crippen molar-refractivity contribution in [2.45, 2.75) is 38.4 Å². The van der Waals surface area contributed by atoms with Crippen LogP contribution in [0, 0.1) is 0 Å². The first-order valence-corrected chi connectivity index (χ1v) is 13.0. The molecule has 0 spiro atoms. The number of ether oxygens (including phenoxy) is 2. The normalized spacial score (nSPS) is 15.1. The molecule has 2 aromatic heterocycles. The lowest BCUT2D eigenvalue weighted by molar-refractivity contribution is 0.275. The highest BCUT2D eigenvalue weighted by atomic mass is 16.5. The molecule has 38 heavy (non-hydrogen) atoms. The number of aromatic nitrogens is 2. The van der Waals surface area contributed by atoms with Gasteiger partial charge in [-0.05, 0) is 72.2 Å². The lowest BCUT2D eigenvalue weighted by Crippen LogP contribution is -2.31. The van der Waals surface area contributed by atoms with E-state index in [0.29, 0.717) is 18.9 Å². The van der Waals surface area contributed by atoms with Crippen molar-refractivity contribution in [2.24, 2.45) is 0 Å². The summed E-state index contributed by atoms with van der Waals surface area (Å²) in [5.74, 6) is 3.88. The zero-order valence-corrected chi connectivity index (χ0v) is 22.0. The summed E-state index contributed by atoms with van der Waals surface area (Å²) in [6, 6.07) is 20.5. The molecule has 0 amide bonds. The van der Waals surface area contributed by atoms with E-state index in [1.807, 2.05) is 36.5 Å². The van der Waals surface area contributed by atoms with Crippen LogP contribution in [0.3, 0.4) is 0 Å². The predicted octanol–water partition coefficient (Wildman–Crippen LogP) is 4.79. The summed E-state index contributed by atoms with van der Waals surface area (Å²) in [6.07, 6.45) is 4.69. The Bertz CT molecular complexity index is 1310. The highest BCUT2D eigenvalue weighted by molar-refractivity contribution is 5.95. The number of nitrogens with two attached hydrogens (primary N) is 1. The van der Waals surface area contributed by atoms with E-state index in [9.17, 15) is 5.11 Å². The molecule has 0 aliphatic carbocycles. The Balaban J connectivity index is 1.60. The maximum atomic E-state index is 9.65. The van der Waals surface area contributed by atoms with Gasteiger partial charge in [0.15, 0.2) is 0 Å². The molecular formula is C30H35N5O3. The largest absolute Gasteiger partial charge is 0.497 e. The Hall–Kier alpha value is -4.04. The number of methoxy groups -OCH3 is 2. The fourth-order valence-electron chi connectivity index (χ4n) is 5.22. The first-order chi connectivity index (χ1) is 18.6. The van der Waals surface area contributed by atoms with Crippen molar-refractivity contribution in [2.75, 3.05) is 42.9 Å². The SMILES string of the molecule is COc1ccc(CN(Cc2ccc(OC)cc2)c2nc(N3CCCC3CCO)cc3cc(N)ncc23)cc1. The van der Waals surface area contributed by atoms with Crippen molar-refractivity contribution >= 4 is 28.2 Å². The van der Waals surface area contributed by atoms with Crippen LogP contribution in [0.1, 0.15) is 30.4 Å². The van der Waals surface area contributed by atoms with Gasteiger partial charge < -0.3 is 30.1 Å². The van der Waals surface area contributed by atoms with Gasteiger partial charge in [-0.1, -0.05) is 24.3 Å². The summed E-state index contributed by atoms with van der Waals surface area (Å²) in [6.45, 7) is 2.37. The number of aliphatic hydroxyl groups excluding tert-OH is 1. The Morgan fingerprint density at radius 3 is 2.18 bits per heavy atom. The summed E-state index contributed by atoms with van der Waals surface area (Å²) in [4.78, 5) is 14.3. The molecule has 5 rings (SSSR count). The molecule has 3 N–H and O–H groups in total. The molecule has 1 unspecified atom stereocenters. The van der Waals surface area contributed by atoms with Crippen LogP contribution in [-0.4, -0.2) is 48.5 Å². The van der Waals surface area contributed by atoms with Gasteiger partial charge in [0.2, 0.25) is 0 Å². The van der Waals surface area contributed by atoms with Crippen LogP contribution < -0.4 is 25.0 Å². The zero-order chi connectivity index (χ0) is 26.5. The minimum Gasteiger partial charge on any atom is -0.497 e. The number of pyridine rings is 2. The number of benzene rings is 2. The van der Waals surface area contributed by atoms with Crippen LogP contribution in [0.2, 0.25) is 0 Å². The number of fused-ring (bicyclic) bond motifs is 1. The standard InChI is InChI=1S/C30H35N5O3/c1-37-25-9-5-21(6-10-25)19-34(20-22-7-11-26(38-2)12-8-22)30-27-18-32-28(31)16-23(27)17-29(33-30)35-14-3-4-24(35)13-15-36/h5-12,16-18,24,36H,3-4,13-15,19-20H2,1-2H3,(H2,31,32). The molecule has 8 heteroatoms. The second-order valence-corrected chi connectivity index (χ2v) is 9.69. The average molecular weight is 514 g/mol. The van der Waals surface area contributed by atoms with Crippen molar-refractivity contribution in [3.63, 3.8) is 0 Å². The van der Waals surface area contributed by atoms with E-state index in [-0.39, 0.29) is 12.6 Å². The summed E-state index contributed by atoms with van der Waals surface area (Å²) in [7, 11) is 3.35. The third kappa shape index (κ3) is 5.60. The Labute approximate surface area is 223 Å². The third-order valence-electron chi connectivity index (χ3n) is 7.20. The molecular weight excluding hydrogens is 478 g/mol. The lowest BCUT2D eigenvalue weighted by Gasteiger charge is -2.30. The Kier molecular flexibility index (Phi) is 7.79. The number of aliphatic hydroxyl groups is 1. The van der Waals surface area contributed by atoms with Gasteiger partial charge in [0.05, 0.1) is 14.2 Å². The van der Waals surface area contributed by atoms with Crippen molar-refractivity contribution in [1.29, 1.82) is 0 Å². The van der Waals surface area contributed by atoms with E-state index in [1.54, 1.807) is 14.2 Å². The molecule has 8 nitrogen and oxygen atoms in total. The van der Waals surface area contributed by atoms with Crippen molar-refractivity contribution < 1.29 is 14.6 Å². The smallest absolute Gasteiger partial charge is 0.141 e. The van der Waals surface area contributed by atoms with Gasteiger partial charge in [0, 0.05) is 43.9 Å². The predicted molar refractivity (Wildman–Crippen MR) is 152 cm³/mol. The molecule has 1 saturated heterocycles. The van der Waals surface area contributed by atoms with Gasteiger partial charge in [-0.2, -0.15) is 0 Å². The average Bonchev–Trinajstić information content (AvgIpc) is 3.41. The van der Waals surface area contributed by atoms with E-state index in [2.05, 4.69) is 45.1 Å². The quantitative estimate of drug-likeness (QED) is 0.313. The molecule has 1 fully saturated rings. The first kappa shape index (κ1) is 25.6. The van der Waals surface area contributed by atoms with Crippen LogP contribution in [0.5, 0.6) is 11.5 Å². The monoisotopic (exact) mass is 513 g/mol. The van der Waals surface area contributed by atoms with Gasteiger partial charge in [-0.25, -0.2) is 9.97 Å². The van der Waals surface area contributed by atoms with Crippen LogP contribution in [0.25, 0.3) is 10.8 Å². The van der Waals surface area contributed by atoms with E-state index in [1.165, 1.54) is 0 Å². The number of rotatable bonds is 10. The maximum absolute atomic E-state index is 9.65. The highest BCUT2D eigenvalue weighted by Gasteiger charge is 2.27. The Morgan fingerprint density at radius 2 is 1.61 bits per heavy atom. The maximum Gasteiger partial charge on any atom is 0.141 e. The molecule has 4 aromatic rings. The minimum absolute atomic E-state index is 0.166. The number of nitrogens with zero attached hydrogens (tertiary/aromatic N) is 4. The minimum atomic E-state index is 0.166. The van der Waals surface area contributed by atoms with Crippen LogP contribution in [-0.2, 0) is 13.1 Å². The second kappa shape index (κ2) is 11.6. The molecule has 1 atom stereocenters. The molecule has 3 heterocycles. The third-order valence-corrected chi connectivity index (χ3v) is 7.20. The van der Waals surface area contributed by atoms with Crippen molar-refractivity contribution in [3.8, 4) is 11.5 Å². The molecule has 0 radical (unpaired) electrons. The van der Waals surface area contributed by atoms with E-state index in [0.717, 1.165) is 70.8 Å². The lowest BCUT2D eigenvalue weighted by atomic mass is 10.1. The zero-order valence-electron chi connectivity index (χ0n) is 22.0. The number of hydrogen-bond acceptors (Lipinski definition) is 8. The topological polar surface area (TPSA) is 97.0 Å². The summed E-state index contributed by atoms with van der Waals surface area (Å²) in [5, 5.41) is 11.6. The van der Waals surface area contributed by atoms with Crippen LogP contribution in [0.4, 0.5) is 17.5 Å². The number of nitrogen functional groups attached to an aromatic ring is 1.